The van der Waals surface area contributed by atoms with Gasteiger partial charge in [0.25, 0.3) is 10.1 Å². The highest BCUT2D eigenvalue weighted by atomic mass is 32.2. The van der Waals surface area contributed by atoms with Crippen molar-refractivity contribution in [3.05, 3.63) is 18.5 Å². The Bertz CT molecular complexity index is 496. The number of nitrogens with two attached hydrogens (primary N) is 1. The van der Waals surface area contributed by atoms with Crippen molar-refractivity contribution in [1.29, 1.82) is 0 Å². The zero-order valence-electron chi connectivity index (χ0n) is 6.65. The van der Waals surface area contributed by atoms with Crippen molar-refractivity contribution in [3.8, 4) is 0 Å². The minimum Gasteiger partial charge on any atom is -0.282 e. The molecule has 0 atom stereocenters. The van der Waals surface area contributed by atoms with Crippen LogP contribution in [0.4, 0.5) is 0 Å². The lowest BCUT2D eigenvalue weighted by Gasteiger charge is -2.02. The molecule has 0 saturated carbocycles. The molecule has 0 aliphatic rings. The summed E-state index contributed by atoms with van der Waals surface area (Å²) in [6.45, 7) is 0. The third-order valence-corrected chi connectivity index (χ3v) is 3.31. The Morgan fingerprint density at radius 3 is 2.14 bits per heavy atom. The molecule has 0 fully saturated rings. The predicted octanol–water partition coefficient (Wildman–Crippen LogP) is -1.02. The number of rotatable bonds is 2. The lowest BCUT2D eigenvalue weighted by Crippen LogP contribution is -2.16. The van der Waals surface area contributed by atoms with E-state index in [2.05, 4.69) is 4.98 Å². The summed E-state index contributed by atoms with van der Waals surface area (Å²) in [5.74, 6) is 0. The Labute approximate surface area is 80.4 Å². The van der Waals surface area contributed by atoms with E-state index in [1.54, 1.807) is 0 Å². The number of nitrogens with zero attached hydrogens (tertiary/aromatic N) is 1. The van der Waals surface area contributed by atoms with E-state index in [0.717, 1.165) is 18.5 Å². The largest absolute Gasteiger partial charge is 0.295 e. The molecule has 1 rings (SSSR count). The molecule has 1 aromatic heterocycles. The fourth-order valence-electron chi connectivity index (χ4n) is 0.794. The number of sulfonamides is 1. The molecule has 7 nitrogen and oxygen atoms in total. The van der Waals surface area contributed by atoms with Gasteiger partial charge in [-0.1, -0.05) is 0 Å². The Hall–Kier alpha value is -1.03. The van der Waals surface area contributed by atoms with Crippen molar-refractivity contribution in [2.45, 2.75) is 9.79 Å². The lowest BCUT2D eigenvalue weighted by molar-refractivity contribution is 0.479. The molecule has 0 aliphatic heterocycles. The quantitative estimate of drug-likeness (QED) is 0.634. The summed E-state index contributed by atoms with van der Waals surface area (Å²) in [7, 11) is -8.83. The third-order valence-electron chi connectivity index (χ3n) is 1.33. The fraction of sp³-hybridized carbons (Fsp3) is 0. The van der Waals surface area contributed by atoms with Gasteiger partial charge in [-0.25, -0.2) is 13.6 Å². The summed E-state index contributed by atoms with van der Waals surface area (Å²) in [6, 6.07) is 0.842. The van der Waals surface area contributed by atoms with Gasteiger partial charge in [0.2, 0.25) is 10.0 Å². The minimum absolute atomic E-state index is 0.734. The molecular weight excluding hydrogens is 232 g/mol. The molecule has 0 radical (unpaired) electrons. The summed E-state index contributed by atoms with van der Waals surface area (Å²) in [4.78, 5) is 1.87. The molecule has 9 heteroatoms. The second kappa shape index (κ2) is 3.28. The zero-order chi connectivity index (χ0) is 11.0. The van der Waals surface area contributed by atoms with Crippen LogP contribution in [0.15, 0.2) is 28.3 Å². The van der Waals surface area contributed by atoms with Gasteiger partial charge in [-0.2, -0.15) is 8.42 Å². The second-order valence-electron chi connectivity index (χ2n) is 2.34. The Morgan fingerprint density at radius 2 is 1.79 bits per heavy atom. The van der Waals surface area contributed by atoms with Crippen LogP contribution in [-0.4, -0.2) is 26.4 Å². The minimum atomic E-state index is -4.62. The van der Waals surface area contributed by atoms with E-state index in [1.807, 2.05) is 0 Å². The lowest BCUT2D eigenvalue weighted by atomic mass is 10.5. The van der Waals surface area contributed by atoms with Crippen LogP contribution in [0.25, 0.3) is 0 Å². The van der Waals surface area contributed by atoms with Crippen LogP contribution in [0.5, 0.6) is 0 Å². The van der Waals surface area contributed by atoms with Crippen molar-refractivity contribution in [3.63, 3.8) is 0 Å². The van der Waals surface area contributed by atoms with Gasteiger partial charge in [-0.3, -0.25) is 9.54 Å². The van der Waals surface area contributed by atoms with Crippen LogP contribution in [0.1, 0.15) is 0 Å². The van der Waals surface area contributed by atoms with Gasteiger partial charge in [-0.05, 0) is 6.07 Å². The fourth-order valence-corrected chi connectivity index (χ4v) is 2.55. The van der Waals surface area contributed by atoms with Crippen molar-refractivity contribution >= 4 is 20.1 Å². The standard InChI is InChI=1S/C5H6N2O5S2/c6-13(8,9)5-3-7-2-1-4(5)14(10,11)12/h1-3H,(H2,6,8,9)(H,10,11,12). The molecule has 14 heavy (non-hydrogen) atoms. The number of hydrogen-bond acceptors (Lipinski definition) is 5. The third kappa shape index (κ3) is 2.26. The van der Waals surface area contributed by atoms with Crippen LogP contribution < -0.4 is 5.14 Å². The van der Waals surface area contributed by atoms with Crippen molar-refractivity contribution in [1.82, 2.24) is 4.98 Å². The molecule has 78 valence electrons. The summed E-state index contributed by atoms with van der Waals surface area (Å²) < 4.78 is 51.8. The van der Waals surface area contributed by atoms with E-state index in [9.17, 15) is 16.8 Å². The molecule has 0 aromatic carbocycles. The monoisotopic (exact) mass is 238 g/mol. The number of aromatic nitrogens is 1. The van der Waals surface area contributed by atoms with Gasteiger partial charge >= 0.3 is 0 Å². The van der Waals surface area contributed by atoms with Gasteiger partial charge in [-0.15, -0.1) is 0 Å². The number of pyridine rings is 1. The van der Waals surface area contributed by atoms with Gasteiger partial charge in [0.1, 0.15) is 9.79 Å². The highest BCUT2D eigenvalue weighted by Crippen LogP contribution is 2.17. The van der Waals surface area contributed by atoms with E-state index in [4.69, 9.17) is 9.69 Å². The van der Waals surface area contributed by atoms with E-state index >= 15 is 0 Å². The average Bonchev–Trinajstić information content (AvgIpc) is 2.01. The normalized spacial score (nSPS) is 12.7. The second-order valence-corrected chi connectivity index (χ2v) is 5.26. The first-order chi connectivity index (χ1) is 6.23. The summed E-state index contributed by atoms with van der Waals surface area (Å²) in [5, 5.41) is 4.71. The molecule has 1 aromatic rings. The van der Waals surface area contributed by atoms with E-state index in [-0.39, 0.29) is 0 Å². The first-order valence-electron chi connectivity index (χ1n) is 3.17. The first-order valence-corrected chi connectivity index (χ1v) is 6.16. The molecule has 3 N–H and O–H groups in total. The van der Waals surface area contributed by atoms with Gasteiger partial charge in [0.15, 0.2) is 0 Å². The molecule has 0 bridgehead atoms. The van der Waals surface area contributed by atoms with Crippen LogP contribution in [0.3, 0.4) is 0 Å². The highest BCUT2D eigenvalue weighted by molar-refractivity contribution is 7.91. The molecule has 0 saturated heterocycles. The summed E-state index contributed by atoms with van der Waals surface area (Å²) in [6.07, 6.45) is 1.77. The van der Waals surface area contributed by atoms with Crippen molar-refractivity contribution in [2.24, 2.45) is 5.14 Å². The highest BCUT2D eigenvalue weighted by Gasteiger charge is 2.22. The first kappa shape index (κ1) is 11.0. The maximum absolute atomic E-state index is 10.9. The van der Waals surface area contributed by atoms with Gasteiger partial charge < -0.3 is 0 Å². The van der Waals surface area contributed by atoms with Crippen LogP contribution in [0.2, 0.25) is 0 Å². The topological polar surface area (TPSA) is 127 Å². The maximum Gasteiger partial charge on any atom is 0.295 e. The summed E-state index contributed by atoms with van der Waals surface area (Å²) in [5.41, 5.74) is 0. The molecule has 0 spiro atoms. The smallest absolute Gasteiger partial charge is 0.282 e. The predicted molar refractivity (Wildman–Crippen MR) is 45.4 cm³/mol. The SMILES string of the molecule is NS(=O)(=O)c1cnccc1S(=O)(=O)O. The summed E-state index contributed by atoms with van der Waals surface area (Å²) >= 11 is 0. The maximum atomic E-state index is 10.9. The Kier molecular flexibility index (Phi) is 2.58. The average molecular weight is 238 g/mol. The van der Waals surface area contributed by atoms with Crippen LogP contribution >= 0.6 is 0 Å². The van der Waals surface area contributed by atoms with Crippen molar-refractivity contribution < 1.29 is 21.4 Å². The number of hydrogen-bond donors (Lipinski definition) is 2. The molecule has 0 aliphatic carbocycles. The van der Waals surface area contributed by atoms with E-state index in [0.29, 0.717) is 0 Å². The molecule has 1 heterocycles. The van der Waals surface area contributed by atoms with Crippen LogP contribution in [-0.2, 0) is 20.1 Å². The van der Waals surface area contributed by atoms with Crippen LogP contribution in [0, 0.1) is 0 Å². The Balaban J connectivity index is 3.64. The van der Waals surface area contributed by atoms with Gasteiger partial charge in [0.05, 0.1) is 0 Å². The Morgan fingerprint density at radius 1 is 1.21 bits per heavy atom. The van der Waals surface area contributed by atoms with E-state index < -0.39 is 29.9 Å². The van der Waals surface area contributed by atoms with E-state index in [1.165, 1.54) is 0 Å². The van der Waals surface area contributed by atoms with Crippen molar-refractivity contribution in [2.75, 3.05) is 0 Å². The zero-order valence-corrected chi connectivity index (χ0v) is 8.29. The molecule has 0 amide bonds. The van der Waals surface area contributed by atoms with Gasteiger partial charge in [0, 0.05) is 12.4 Å². The molecule has 0 unspecified atom stereocenters. The molecular formula is C5H6N2O5S2. The number of primary sulfonamides is 1.